The van der Waals surface area contributed by atoms with Crippen LogP contribution in [0.15, 0.2) is 18.5 Å². The molecule has 2 rings (SSSR count). The van der Waals surface area contributed by atoms with E-state index in [0.29, 0.717) is 6.54 Å². The van der Waals surface area contributed by atoms with Crippen LogP contribution in [0.5, 0.6) is 0 Å². The number of H-pyrrole nitrogens is 1. The SMILES string of the molecule is Cc1cnc(NCc2ccn(C)n2)[nH]1. The molecule has 0 saturated carbocycles. The maximum absolute atomic E-state index is 4.25. The Hall–Kier alpha value is -1.78. The van der Waals surface area contributed by atoms with Crippen molar-refractivity contribution in [3.8, 4) is 0 Å². The third kappa shape index (κ3) is 1.93. The Kier molecular flexibility index (Phi) is 2.22. The molecule has 0 fully saturated rings. The molecular weight excluding hydrogens is 178 g/mol. The van der Waals surface area contributed by atoms with Crippen LogP contribution in [0.3, 0.4) is 0 Å². The van der Waals surface area contributed by atoms with Crippen molar-refractivity contribution in [1.29, 1.82) is 0 Å². The maximum atomic E-state index is 4.25. The van der Waals surface area contributed by atoms with Gasteiger partial charge in [-0.2, -0.15) is 5.10 Å². The van der Waals surface area contributed by atoms with Crippen molar-refractivity contribution in [3.63, 3.8) is 0 Å². The molecule has 5 nitrogen and oxygen atoms in total. The maximum Gasteiger partial charge on any atom is 0.200 e. The zero-order valence-corrected chi connectivity index (χ0v) is 8.28. The molecule has 0 saturated heterocycles. The highest BCUT2D eigenvalue weighted by atomic mass is 15.3. The van der Waals surface area contributed by atoms with Crippen molar-refractivity contribution in [2.75, 3.05) is 5.32 Å². The summed E-state index contributed by atoms with van der Waals surface area (Å²) in [4.78, 5) is 7.23. The molecule has 0 aliphatic heterocycles. The summed E-state index contributed by atoms with van der Waals surface area (Å²) in [6.07, 6.45) is 3.71. The lowest BCUT2D eigenvalue weighted by Crippen LogP contribution is -2.02. The lowest BCUT2D eigenvalue weighted by Gasteiger charge is -1.98. The molecule has 2 heterocycles. The number of nitrogens with one attached hydrogen (secondary N) is 2. The number of aryl methyl sites for hydroxylation is 2. The van der Waals surface area contributed by atoms with Crippen LogP contribution in [0, 0.1) is 6.92 Å². The molecule has 0 aliphatic rings. The molecular formula is C9H13N5. The molecule has 0 aliphatic carbocycles. The largest absolute Gasteiger partial charge is 0.350 e. The molecule has 0 unspecified atom stereocenters. The lowest BCUT2D eigenvalue weighted by molar-refractivity contribution is 0.746. The third-order valence-electron chi connectivity index (χ3n) is 1.91. The van der Waals surface area contributed by atoms with Gasteiger partial charge in [0.2, 0.25) is 5.95 Å². The van der Waals surface area contributed by atoms with E-state index in [-0.39, 0.29) is 0 Å². The Morgan fingerprint density at radius 1 is 1.57 bits per heavy atom. The van der Waals surface area contributed by atoms with Gasteiger partial charge in [-0.25, -0.2) is 4.98 Å². The monoisotopic (exact) mass is 191 g/mol. The van der Waals surface area contributed by atoms with Gasteiger partial charge in [-0.1, -0.05) is 0 Å². The molecule has 0 bridgehead atoms. The van der Waals surface area contributed by atoms with E-state index in [2.05, 4.69) is 20.4 Å². The molecule has 0 aromatic carbocycles. The smallest absolute Gasteiger partial charge is 0.200 e. The van der Waals surface area contributed by atoms with Crippen LogP contribution in [-0.2, 0) is 13.6 Å². The third-order valence-corrected chi connectivity index (χ3v) is 1.91. The highest BCUT2D eigenvalue weighted by Crippen LogP contribution is 2.02. The van der Waals surface area contributed by atoms with Gasteiger partial charge in [0.25, 0.3) is 0 Å². The number of imidazole rings is 1. The van der Waals surface area contributed by atoms with Crippen molar-refractivity contribution < 1.29 is 0 Å². The van der Waals surface area contributed by atoms with E-state index in [0.717, 1.165) is 17.3 Å². The second-order valence-electron chi connectivity index (χ2n) is 3.25. The average Bonchev–Trinajstić information content (AvgIpc) is 2.72. The summed E-state index contributed by atoms with van der Waals surface area (Å²) in [6.45, 7) is 2.66. The number of hydrogen-bond acceptors (Lipinski definition) is 3. The predicted molar refractivity (Wildman–Crippen MR) is 53.9 cm³/mol. The highest BCUT2D eigenvalue weighted by Gasteiger charge is 1.98. The Morgan fingerprint density at radius 2 is 2.43 bits per heavy atom. The van der Waals surface area contributed by atoms with Gasteiger partial charge in [-0.05, 0) is 13.0 Å². The lowest BCUT2D eigenvalue weighted by atomic mass is 10.4. The van der Waals surface area contributed by atoms with E-state index >= 15 is 0 Å². The molecule has 14 heavy (non-hydrogen) atoms. The van der Waals surface area contributed by atoms with E-state index in [1.165, 1.54) is 0 Å². The number of rotatable bonds is 3. The fourth-order valence-corrected chi connectivity index (χ4v) is 1.23. The van der Waals surface area contributed by atoms with Crippen molar-refractivity contribution in [3.05, 3.63) is 29.8 Å². The second kappa shape index (κ2) is 3.53. The van der Waals surface area contributed by atoms with Gasteiger partial charge < -0.3 is 10.3 Å². The first-order chi connectivity index (χ1) is 6.74. The summed E-state index contributed by atoms with van der Waals surface area (Å²) in [7, 11) is 1.90. The van der Waals surface area contributed by atoms with E-state index in [1.807, 2.05) is 26.2 Å². The van der Waals surface area contributed by atoms with Crippen LogP contribution < -0.4 is 5.32 Å². The van der Waals surface area contributed by atoms with Crippen LogP contribution in [0.1, 0.15) is 11.4 Å². The fraction of sp³-hybridized carbons (Fsp3) is 0.333. The molecule has 74 valence electrons. The Morgan fingerprint density at radius 3 is 3.00 bits per heavy atom. The number of aromatic amines is 1. The first kappa shape index (κ1) is 8.80. The van der Waals surface area contributed by atoms with Crippen LogP contribution in [0.2, 0.25) is 0 Å². The van der Waals surface area contributed by atoms with Gasteiger partial charge >= 0.3 is 0 Å². The quantitative estimate of drug-likeness (QED) is 0.762. The minimum absolute atomic E-state index is 0.688. The summed E-state index contributed by atoms with van der Waals surface area (Å²) in [5.41, 5.74) is 2.05. The fourth-order valence-electron chi connectivity index (χ4n) is 1.23. The molecule has 2 aromatic heterocycles. The molecule has 5 heteroatoms. The number of nitrogens with zero attached hydrogens (tertiary/aromatic N) is 3. The predicted octanol–water partition coefficient (Wildman–Crippen LogP) is 1.06. The zero-order chi connectivity index (χ0) is 9.97. The number of aromatic nitrogens is 4. The van der Waals surface area contributed by atoms with Crippen LogP contribution in [0.25, 0.3) is 0 Å². The highest BCUT2D eigenvalue weighted by molar-refractivity contribution is 5.26. The van der Waals surface area contributed by atoms with Gasteiger partial charge in [-0.15, -0.1) is 0 Å². The first-order valence-corrected chi connectivity index (χ1v) is 4.48. The number of hydrogen-bond donors (Lipinski definition) is 2. The average molecular weight is 191 g/mol. The molecule has 0 spiro atoms. The zero-order valence-electron chi connectivity index (χ0n) is 8.28. The molecule has 0 radical (unpaired) electrons. The van der Waals surface area contributed by atoms with Crippen molar-refractivity contribution in [1.82, 2.24) is 19.7 Å². The molecule has 2 N–H and O–H groups in total. The topological polar surface area (TPSA) is 58.5 Å². The van der Waals surface area contributed by atoms with E-state index in [1.54, 1.807) is 10.9 Å². The van der Waals surface area contributed by atoms with Gasteiger partial charge in [0.15, 0.2) is 0 Å². The Labute approximate surface area is 82.2 Å². The second-order valence-corrected chi connectivity index (χ2v) is 3.25. The summed E-state index contributed by atoms with van der Waals surface area (Å²) < 4.78 is 1.78. The van der Waals surface area contributed by atoms with Gasteiger partial charge in [0.05, 0.1) is 12.2 Å². The minimum atomic E-state index is 0.688. The van der Waals surface area contributed by atoms with Gasteiger partial charge in [0, 0.05) is 25.1 Å². The van der Waals surface area contributed by atoms with E-state index in [4.69, 9.17) is 0 Å². The first-order valence-electron chi connectivity index (χ1n) is 4.48. The van der Waals surface area contributed by atoms with Crippen LogP contribution in [-0.4, -0.2) is 19.7 Å². The Balaban J connectivity index is 1.94. The molecule has 0 amide bonds. The summed E-state index contributed by atoms with van der Waals surface area (Å²) in [5.74, 6) is 0.785. The van der Waals surface area contributed by atoms with Gasteiger partial charge in [-0.3, -0.25) is 4.68 Å². The van der Waals surface area contributed by atoms with Crippen LogP contribution >= 0.6 is 0 Å². The summed E-state index contributed by atoms with van der Waals surface area (Å²) in [5, 5.41) is 7.40. The summed E-state index contributed by atoms with van der Waals surface area (Å²) in [6, 6.07) is 1.97. The summed E-state index contributed by atoms with van der Waals surface area (Å²) >= 11 is 0. The van der Waals surface area contributed by atoms with Crippen molar-refractivity contribution in [2.45, 2.75) is 13.5 Å². The van der Waals surface area contributed by atoms with Crippen molar-refractivity contribution in [2.24, 2.45) is 7.05 Å². The normalized spacial score (nSPS) is 10.4. The molecule has 0 atom stereocenters. The number of anilines is 1. The van der Waals surface area contributed by atoms with Gasteiger partial charge in [0.1, 0.15) is 0 Å². The van der Waals surface area contributed by atoms with Crippen molar-refractivity contribution >= 4 is 5.95 Å². The molecule has 2 aromatic rings. The standard InChI is InChI=1S/C9H13N5/c1-7-5-10-9(12-7)11-6-8-3-4-14(2)13-8/h3-5H,6H2,1-2H3,(H2,10,11,12). The van der Waals surface area contributed by atoms with Crippen LogP contribution in [0.4, 0.5) is 5.95 Å². The Bertz CT molecular complexity index is 374. The minimum Gasteiger partial charge on any atom is -0.350 e. The van der Waals surface area contributed by atoms with E-state index < -0.39 is 0 Å². The van der Waals surface area contributed by atoms with E-state index in [9.17, 15) is 0 Å².